The van der Waals surface area contributed by atoms with Crippen molar-refractivity contribution in [2.75, 3.05) is 24.5 Å². The first-order valence-corrected chi connectivity index (χ1v) is 7.22. The van der Waals surface area contributed by atoms with E-state index in [-0.39, 0.29) is 11.9 Å². The van der Waals surface area contributed by atoms with E-state index in [1.165, 1.54) is 0 Å². The molecule has 2 N–H and O–H groups in total. The molecule has 7 heteroatoms. The highest BCUT2D eigenvalue weighted by atomic mass is 19.4. The first kappa shape index (κ1) is 16.0. The van der Waals surface area contributed by atoms with Crippen molar-refractivity contribution in [3.63, 3.8) is 0 Å². The second-order valence-electron chi connectivity index (χ2n) is 5.80. The molecule has 1 aromatic rings. The number of alkyl halides is 3. The van der Waals surface area contributed by atoms with Crippen molar-refractivity contribution < 1.29 is 13.2 Å². The zero-order valence-electron chi connectivity index (χ0n) is 12.3. The highest BCUT2D eigenvalue weighted by Crippen LogP contribution is 2.31. The van der Waals surface area contributed by atoms with Crippen LogP contribution in [0.5, 0.6) is 0 Å². The molecule has 1 aliphatic rings. The first-order chi connectivity index (χ1) is 9.81. The number of piperidine rings is 1. The highest BCUT2D eigenvalue weighted by molar-refractivity contribution is 5.34. The van der Waals surface area contributed by atoms with Gasteiger partial charge in [-0.25, -0.2) is 9.97 Å². The molecule has 1 aliphatic heterocycles. The molecule has 0 atom stereocenters. The van der Waals surface area contributed by atoms with Crippen LogP contribution in [0.4, 0.5) is 19.1 Å². The molecule has 0 saturated carbocycles. The SMILES string of the molecule is CC(C)c1cc(C(F)(F)F)nc(N2CCC(CN)CC2)n1. The van der Waals surface area contributed by atoms with Gasteiger partial charge in [-0.1, -0.05) is 13.8 Å². The Kier molecular flexibility index (Phi) is 4.70. The Hall–Kier alpha value is -1.37. The van der Waals surface area contributed by atoms with Gasteiger partial charge in [0.1, 0.15) is 5.69 Å². The Morgan fingerprint density at radius 3 is 2.38 bits per heavy atom. The van der Waals surface area contributed by atoms with Crippen molar-refractivity contribution in [1.82, 2.24) is 9.97 Å². The summed E-state index contributed by atoms with van der Waals surface area (Å²) in [7, 11) is 0. The maximum absolute atomic E-state index is 13.0. The minimum atomic E-state index is -4.45. The lowest BCUT2D eigenvalue weighted by molar-refractivity contribution is -0.141. The van der Waals surface area contributed by atoms with Gasteiger partial charge in [0, 0.05) is 18.8 Å². The summed E-state index contributed by atoms with van der Waals surface area (Å²) in [5.74, 6) is 0.551. The predicted octanol–water partition coefficient (Wildman–Crippen LogP) is 2.79. The largest absolute Gasteiger partial charge is 0.433 e. The molecular weight excluding hydrogens is 281 g/mol. The maximum atomic E-state index is 13.0. The average molecular weight is 302 g/mol. The van der Waals surface area contributed by atoms with Crippen molar-refractivity contribution >= 4 is 5.95 Å². The van der Waals surface area contributed by atoms with Crippen LogP contribution in [0.2, 0.25) is 0 Å². The van der Waals surface area contributed by atoms with Crippen molar-refractivity contribution in [3.05, 3.63) is 17.5 Å². The normalized spacial score (nSPS) is 17.6. The van der Waals surface area contributed by atoms with Crippen molar-refractivity contribution in [3.8, 4) is 0 Å². The Morgan fingerprint density at radius 2 is 1.90 bits per heavy atom. The van der Waals surface area contributed by atoms with E-state index in [9.17, 15) is 13.2 Å². The molecule has 2 rings (SSSR count). The van der Waals surface area contributed by atoms with E-state index in [0.717, 1.165) is 18.9 Å². The third-order valence-electron chi connectivity index (χ3n) is 3.85. The zero-order valence-corrected chi connectivity index (χ0v) is 12.3. The standard InChI is InChI=1S/C14H21F3N4/c1-9(2)11-7-12(14(15,16)17)20-13(19-11)21-5-3-10(8-18)4-6-21/h7,9-10H,3-6,8,18H2,1-2H3. The Labute approximate surface area is 122 Å². The fourth-order valence-corrected chi connectivity index (χ4v) is 2.40. The van der Waals surface area contributed by atoms with E-state index in [4.69, 9.17) is 5.73 Å². The van der Waals surface area contributed by atoms with Crippen LogP contribution in [0, 0.1) is 5.92 Å². The van der Waals surface area contributed by atoms with E-state index >= 15 is 0 Å². The number of anilines is 1. The highest BCUT2D eigenvalue weighted by Gasteiger charge is 2.34. The molecule has 0 aliphatic carbocycles. The number of aromatic nitrogens is 2. The summed E-state index contributed by atoms with van der Waals surface area (Å²) >= 11 is 0. The number of hydrogen-bond acceptors (Lipinski definition) is 4. The van der Waals surface area contributed by atoms with E-state index in [2.05, 4.69) is 9.97 Å². The quantitative estimate of drug-likeness (QED) is 0.933. The Bertz CT molecular complexity index is 480. The van der Waals surface area contributed by atoms with Gasteiger partial charge in [0.2, 0.25) is 5.95 Å². The smallest absolute Gasteiger partial charge is 0.341 e. The second-order valence-corrected chi connectivity index (χ2v) is 5.80. The number of halogens is 3. The van der Waals surface area contributed by atoms with Crippen LogP contribution in [-0.4, -0.2) is 29.6 Å². The van der Waals surface area contributed by atoms with Gasteiger partial charge in [-0.05, 0) is 37.3 Å². The first-order valence-electron chi connectivity index (χ1n) is 7.22. The van der Waals surface area contributed by atoms with Crippen molar-refractivity contribution in [1.29, 1.82) is 0 Å². The molecule has 1 saturated heterocycles. The topological polar surface area (TPSA) is 55.0 Å². The van der Waals surface area contributed by atoms with E-state index in [1.807, 2.05) is 18.7 Å². The molecule has 0 amide bonds. The van der Waals surface area contributed by atoms with Gasteiger partial charge in [0.25, 0.3) is 0 Å². The van der Waals surface area contributed by atoms with Gasteiger partial charge in [0.05, 0.1) is 0 Å². The zero-order chi connectivity index (χ0) is 15.6. The molecule has 0 spiro atoms. The number of nitrogens with two attached hydrogens (primary N) is 1. The third kappa shape index (κ3) is 3.84. The molecule has 2 heterocycles. The van der Waals surface area contributed by atoms with Gasteiger partial charge >= 0.3 is 6.18 Å². The fourth-order valence-electron chi connectivity index (χ4n) is 2.40. The number of hydrogen-bond donors (Lipinski definition) is 1. The average Bonchev–Trinajstić information content (AvgIpc) is 2.46. The summed E-state index contributed by atoms with van der Waals surface area (Å²) in [6, 6.07) is 1.04. The van der Waals surface area contributed by atoms with Crippen LogP contribution >= 0.6 is 0 Å². The minimum Gasteiger partial charge on any atom is -0.341 e. The molecule has 0 bridgehead atoms. The van der Waals surface area contributed by atoms with Gasteiger partial charge in [-0.15, -0.1) is 0 Å². The van der Waals surface area contributed by atoms with Crippen LogP contribution in [0.15, 0.2) is 6.07 Å². The van der Waals surface area contributed by atoms with Gasteiger partial charge in [0.15, 0.2) is 0 Å². The van der Waals surface area contributed by atoms with Crippen LogP contribution in [0.1, 0.15) is 44.0 Å². The summed E-state index contributed by atoms with van der Waals surface area (Å²) in [6.07, 6.45) is -2.71. The van der Waals surface area contributed by atoms with Crippen LogP contribution in [-0.2, 0) is 6.18 Å². The molecule has 1 aromatic heterocycles. The molecule has 0 radical (unpaired) electrons. The predicted molar refractivity (Wildman–Crippen MR) is 75.1 cm³/mol. The fraction of sp³-hybridized carbons (Fsp3) is 0.714. The maximum Gasteiger partial charge on any atom is 0.433 e. The summed E-state index contributed by atoms with van der Waals surface area (Å²) in [6.45, 7) is 5.58. The van der Waals surface area contributed by atoms with Crippen LogP contribution in [0.25, 0.3) is 0 Å². The Balaban J connectivity index is 2.28. The van der Waals surface area contributed by atoms with Gasteiger partial charge in [-0.3, -0.25) is 0 Å². The lowest BCUT2D eigenvalue weighted by atomic mass is 9.97. The molecule has 4 nitrogen and oxygen atoms in total. The summed E-state index contributed by atoms with van der Waals surface area (Å²) in [5, 5.41) is 0. The summed E-state index contributed by atoms with van der Waals surface area (Å²) in [5.41, 5.74) is 5.19. The van der Waals surface area contributed by atoms with E-state index in [1.54, 1.807) is 0 Å². The molecule has 118 valence electrons. The minimum absolute atomic E-state index is 0.0746. The summed E-state index contributed by atoms with van der Waals surface area (Å²) in [4.78, 5) is 9.85. The monoisotopic (exact) mass is 302 g/mol. The van der Waals surface area contributed by atoms with Gasteiger partial charge < -0.3 is 10.6 Å². The van der Waals surface area contributed by atoms with E-state index in [0.29, 0.717) is 31.2 Å². The number of rotatable bonds is 3. The number of nitrogens with zero attached hydrogens (tertiary/aromatic N) is 3. The molecule has 0 unspecified atom stereocenters. The molecule has 21 heavy (non-hydrogen) atoms. The van der Waals surface area contributed by atoms with E-state index < -0.39 is 11.9 Å². The third-order valence-corrected chi connectivity index (χ3v) is 3.85. The summed E-state index contributed by atoms with van der Waals surface area (Å²) < 4.78 is 38.9. The van der Waals surface area contributed by atoms with Crippen molar-refractivity contribution in [2.24, 2.45) is 11.7 Å². The van der Waals surface area contributed by atoms with Crippen LogP contribution < -0.4 is 10.6 Å². The lowest BCUT2D eigenvalue weighted by Crippen LogP contribution is -2.37. The molecule has 0 aromatic carbocycles. The lowest BCUT2D eigenvalue weighted by Gasteiger charge is -2.32. The van der Waals surface area contributed by atoms with Crippen molar-refractivity contribution in [2.45, 2.75) is 38.8 Å². The molecule has 1 fully saturated rings. The Morgan fingerprint density at radius 1 is 1.29 bits per heavy atom. The second kappa shape index (κ2) is 6.17. The van der Waals surface area contributed by atoms with Crippen LogP contribution in [0.3, 0.4) is 0 Å². The molecular formula is C14H21F3N4. The van der Waals surface area contributed by atoms with Gasteiger partial charge in [-0.2, -0.15) is 13.2 Å².